The van der Waals surface area contributed by atoms with Gasteiger partial charge in [-0.05, 0) is 31.5 Å². The molecule has 0 amide bonds. The smallest absolute Gasteiger partial charge is 0.270 e. The summed E-state index contributed by atoms with van der Waals surface area (Å²) in [4.78, 5) is 19.1. The lowest BCUT2D eigenvalue weighted by Gasteiger charge is -2.13. The van der Waals surface area contributed by atoms with E-state index in [9.17, 15) is 10.1 Å². The minimum atomic E-state index is -0.559. The summed E-state index contributed by atoms with van der Waals surface area (Å²) in [7, 11) is 0. The first-order valence-electron chi connectivity index (χ1n) is 9.55. The first kappa shape index (κ1) is 21.9. The molecule has 0 radical (unpaired) electrons. The highest BCUT2D eigenvalue weighted by molar-refractivity contribution is 6.32. The monoisotopic (exact) mass is 437 g/mol. The van der Waals surface area contributed by atoms with Crippen LogP contribution in [0.2, 0.25) is 5.02 Å². The number of anilines is 1. The van der Waals surface area contributed by atoms with Crippen LogP contribution < -0.4 is 20.5 Å². The van der Waals surface area contributed by atoms with E-state index in [1.54, 1.807) is 36.4 Å². The third-order valence-electron chi connectivity index (χ3n) is 4.08. The van der Waals surface area contributed by atoms with Crippen molar-refractivity contribution in [3.63, 3.8) is 0 Å². The molecule has 3 rings (SSSR count). The number of rotatable bonds is 8. The van der Waals surface area contributed by atoms with Crippen molar-refractivity contribution >= 4 is 23.8 Å². The molecule has 2 aromatic carbocycles. The second-order valence-electron chi connectivity index (χ2n) is 6.18. The summed E-state index contributed by atoms with van der Waals surface area (Å²) in [6.07, 6.45) is 1.50. The predicted octanol–water partition coefficient (Wildman–Crippen LogP) is 4.21. The largest absolute Gasteiger partial charge is 0.490 e. The zero-order chi connectivity index (χ0) is 22.2. The molecule has 158 valence electrons. The summed E-state index contributed by atoms with van der Waals surface area (Å²) in [5, 5.41) is 13.8. The number of nitriles is 1. The van der Waals surface area contributed by atoms with Gasteiger partial charge in [0.25, 0.3) is 5.56 Å². The van der Waals surface area contributed by atoms with Crippen molar-refractivity contribution in [3.8, 4) is 28.8 Å². The Morgan fingerprint density at radius 2 is 1.97 bits per heavy atom. The van der Waals surface area contributed by atoms with Gasteiger partial charge in [-0.15, -0.1) is 0 Å². The Balaban J connectivity index is 1.89. The van der Waals surface area contributed by atoms with Crippen LogP contribution in [0.1, 0.15) is 25.0 Å². The van der Waals surface area contributed by atoms with Crippen LogP contribution in [-0.2, 0) is 0 Å². The van der Waals surface area contributed by atoms with Crippen LogP contribution >= 0.6 is 11.6 Å². The minimum absolute atomic E-state index is 0.0691. The SMILES string of the molecule is CCOc1cc(C=NNc2nc(-c3ccccc3)c(C#N)c(=O)[nH]2)cc(Cl)c1OCC. The average Bonchev–Trinajstić information content (AvgIpc) is 2.76. The van der Waals surface area contributed by atoms with E-state index >= 15 is 0 Å². The molecule has 0 bridgehead atoms. The van der Waals surface area contributed by atoms with Crippen molar-refractivity contribution in [1.82, 2.24) is 9.97 Å². The number of H-pyrrole nitrogens is 1. The van der Waals surface area contributed by atoms with Gasteiger partial charge in [0.05, 0.1) is 30.1 Å². The topological polar surface area (TPSA) is 112 Å². The normalized spacial score (nSPS) is 10.6. The van der Waals surface area contributed by atoms with Crippen LogP contribution in [-0.4, -0.2) is 29.4 Å². The number of ether oxygens (including phenoxy) is 2. The lowest BCUT2D eigenvalue weighted by Crippen LogP contribution is -2.16. The first-order chi connectivity index (χ1) is 15.1. The molecule has 0 aliphatic heterocycles. The molecular formula is C22H20ClN5O3. The number of halogens is 1. The highest BCUT2D eigenvalue weighted by atomic mass is 35.5. The number of hydrogen-bond donors (Lipinski definition) is 2. The van der Waals surface area contributed by atoms with Crippen LogP contribution in [0.25, 0.3) is 11.3 Å². The van der Waals surface area contributed by atoms with Crippen molar-refractivity contribution < 1.29 is 9.47 Å². The molecule has 0 aliphatic rings. The molecule has 3 aromatic rings. The Hall–Kier alpha value is -3.83. The van der Waals surface area contributed by atoms with Gasteiger partial charge < -0.3 is 9.47 Å². The summed E-state index contributed by atoms with van der Waals surface area (Å²) >= 11 is 6.31. The number of benzene rings is 2. The van der Waals surface area contributed by atoms with Gasteiger partial charge in [0.15, 0.2) is 11.5 Å². The van der Waals surface area contributed by atoms with E-state index in [0.29, 0.717) is 40.9 Å². The maximum Gasteiger partial charge on any atom is 0.270 e. The van der Waals surface area contributed by atoms with Gasteiger partial charge in [-0.1, -0.05) is 41.9 Å². The van der Waals surface area contributed by atoms with E-state index in [1.165, 1.54) is 6.21 Å². The molecule has 0 saturated heterocycles. The van der Waals surface area contributed by atoms with Gasteiger partial charge in [-0.2, -0.15) is 10.4 Å². The van der Waals surface area contributed by atoms with Gasteiger partial charge in [0.1, 0.15) is 11.6 Å². The zero-order valence-electron chi connectivity index (χ0n) is 17.0. The molecule has 0 unspecified atom stereocenters. The third kappa shape index (κ3) is 5.21. The number of hydrazone groups is 1. The van der Waals surface area contributed by atoms with E-state index in [-0.39, 0.29) is 17.2 Å². The van der Waals surface area contributed by atoms with Crippen LogP contribution in [0.3, 0.4) is 0 Å². The zero-order valence-corrected chi connectivity index (χ0v) is 17.7. The second kappa shape index (κ2) is 10.3. The van der Waals surface area contributed by atoms with Crippen molar-refractivity contribution in [1.29, 1.82) is 5.26 Å². The molecule has 8 nitrogen and oxygen atoms in total. The van der Waals surface area contributed by atoms with E-state index in [0.717, 1.165) is 0 Å². The van der Waals surface area contributed by atoms with Crippen LogP contribution in [0.15, 0.2) is 52.4 Å². The Morgan fingerprint density at radius 1 is 1.23 bits per heavy atom. The molecule has 0 fully saturated rings. The number of aromatic nitrogens is 2. The van der Waals surface area contributed by atoms with Crippen LogP contribution in [0.4, 0.5) is 5.95 Å². The van der Waals surface area contributed by atoms with E-state index < -0.39 is 5.56 Å². The van der Waals surface area contributed by atoms with Crippen molar-refractivity contribution in [3.05, 3.63) is 69.0 Å². The first-order valence-corrected chi connectivity index (χ1v) is 9.93. The summed E-state index contributed by atoms with van der Waals surface area (Å²) in [6.45, 7) is 4.63. The summed E-state index contributed by atoms with van der Waals surface area (Å²) < 4.78 is 11.1. The quantitative estimate of drug-likeness (QED) is 0.403. The molecule has 2 N–H and O–H groups in total. The van der Waals surface area contributed by atoms with Gasteiger partial charge in [0.2, 0.25) is 5.95 Å². The maximum absolute atomic E-state index is 12.3. The van der Waals surface area contributed by atoms with Crippen LogP contribution in [0.5, 0.6) is 11.5 Å². The molecule has 0 atom stereocenters. The van der Waals surface area contributed by atoms with Gasteiger partial charge in [0, 0.05) is 5.56 Å². The predicted molar refractivity (Wildman–Crippen MR) is 120 cm³/mol. The van der Waals surface area contributed by atoms with E-state index in [1.807, 2.05) is 26.0 Å². The molecule has 0 spiro atoms. The lowest BCUT2D eigenvalue weighted by atomic mass is 10.1. The summed E-state index contributed by atoms with van der Waals surface area (Å²) in [5.74, 6) is 1.08. The standard InChI is InChI=1S/C22H20ClN5O3/c1-3-30-18-11-14(10-17(23)20(18)31-4-2)13-25-28-22-26-19(15-8-6-5-7-9-15)16(12-24)21(29)27-22/h5-11,13H,3-4H2,1-2H3,(H2,26,27,28,29). The van der Waals surface area contributed by atoms with Gasteiger partial charge in [-0.25, -0.2) is 10.4 Å². The third-order valence-corrected chi connectivity index (χ3v) is 4.36. The summed E-state index contributed by atoms with van der Waals surface area (Å²) in [6, 6.07) is 14.3. The fourth-order valence-electron chi connectivity index (χ4n) is 2.81. The minimum Gasteiger partial charge on any atom is -0.490 e. The number of nitrogens with one attached hydrogen (secondary N) is 2. The van der Waals surface area contributed by atoms with Crippen molar-refractivity contribution in [2.75, 3.05) is 18.6 Å². The molecule has 1 aromatic heterocycles. The van der Waals surface area contributed by atoms with E-state index in [2.05, 4.69) is 20.5 Å². The van der Waals surface area contributed by atoms with Crippen molar-refractivity contribution in [2.45, 2.75) is 13.8 Å². The molecule has 0 saturated carbocycles. The lowest BCUT2D eigenvalue weighted by molar-refractivity contribution is 0.288. The van der Waals surface area contributed by atoms with Crippen LogP contribution in [0, 0.1) is 11.3 Å². The Bertz CT molecular complexity index is 1190. The highest BCUT2D eigenvalue weighted by Crippen LogP contribution is 2.36. The Morgan fingerprint density at radius 3 is 2.65 bits per heavy atom. The number of hydrogen-bond acceptors (Lipinski definition) is 7. The fraction of sp³-hybridized carbons (Fsp3) is 0.182. The highest BCUT2D eigenvalue weighted by Gasteiger charge is 2.13. The maximum atomic E-state index is 12.3. The number of nitrogens with zero attached hydrogens (tertiary/aromatic N) is 3. The van der Waals surface area contributed by atoms with Gasteiger partial charge in [-0.3, -0.25) is 9.78 Å². The molecule has 0 aliphatic carbocycles. The Labute approximate surface area is 184 Å². The molecular weight excluding hydrogens is 418 g/mol. The van der Waals surface area contributed by atoms with Crippen molar-refractivity contribution in [2.24, 2.45) is 5.10 Å². The number of aromatic amines is 1. The molecule has 1 heterocycles. The second-order valence-corrected chi connectivity index (χ2v) is 6.59. The molecule has 9 heteroatoms. The van der Waals surface area contributed by atoms with E-state index in [4.69, 9.17) is 21.1 Å². The molecule has 31 heavy (non-hydrogen) atoms. The Kier molecular flexibility index (Phi) is 7.25. The summed E-state index contributed by atoms with van der Waals surface area (Å²) in [5.41, 5.74) is 3.63. The average molecular weight is 438 g/mol. The fourth-order valence-corrected chi connectivity index (χ4v) is 3.09. The van der Waals surface area contributed by atoms with Gasteiger partial charge >= 0.3 is 0 Å².